The van der Waals surface area contributed by atoms with E-state index in [-0.39, 0.29) is 18.1 Å². The fourth-order valence-corrected chi connectivity index (χ4v) is 2.49. The van der Waals surface area contributed by atoms with E-state index >= 15 is 0 Å². The summed E-state index contributed by atoms with van der Waals surface area (Å²) in [5.41, 5.74) is 0.629. The number of esters is 1. The first-order valence-electron chi connectivity index (χ1n) is 7.37. The van der Waals surface area contributed by atoms with Crippen molar-refractivity contribution in [2.75, 3.05) is 25.1 Å². The van der Waals surface area contributed by atoms with E-state index < -0.39 is 5.97 Å². The van der Waals surface area contributed by atoms with Crippen molar-refractivity contribution in [3.05, 3.63) is 53.6 Å². The van der Waals surface area contributed by atoms with Crippen LogP contribution in [0.25, 0.3) is 0 Å². The summed E-state index contributed by atoms with van der Waals surface area (Å²) in [5, 5.41) is 5.15. The molecule has 1 aromatic carbocycles. The van der Waals surface area contributed by atoms with Crippen LogP contribution < -0.4 is 10.1 Å². The topological polar surface area (TPSA) is 77.5 Å². The highest BCUT2D eigenvalue weighted by atomic mass is 32.1. The molecule has 7 heteroatoms. The number of ketones is 1. The number of ether oxygens (including phenoxy) is 2. The minimum Gasteiger partial charge on any atom is -0.494 e. The van der Waals surface area contributed by atoms with Crippen LogP contribution in [0.15, 0.2) is 42.3 Å². The summed E-state index contributed by atoms with van der Waals surface area (Å²) in [5.74, 6) is -0.225. The Morgan fingerprint density at radius 1 is 1.33 bits per heavy atom. The molecular formula is C17H18N2O4S. The maximum atomic E-state index is 12.0. The Labute approximate surface area is 144 Å². The van der Waals surface area contributed by atoms with Crippen molar-refractivity contribution in [3.63, 3.8) is 0 Å². The van der Waals surface area contributed by atoms with Crippen LogP contribution in [0, 0.1) is 0 Å². The van der Waals surface area contributed by atoms with E-state index in [4.69, 9.17) is 9.47 Å². The largest absolute Gasteiger partial charge is 0.494 e. The molecule has 6 nitrogen and oxygen atoms in total. The molecule has 1 aromatic heterocycles. The third kappa shape index (κ3) is 4.92. The number of rotatable bonds is 9. The van der Waals surface area contributed by atoms with Gasteiger partial charge in [-0.2, -0.15) is 0 Å². The fourth-order valence-electron chi connectivity index (χ4n) is 1.80. The Bertz CT molecular complexity index is 710. The van der Waals surface area contributed by atoms with Crippen LogP contribution >= 0.6 is 11.3 Å². The summed E-state index contributed by atoms with van der Waals surface area (Å²) >= 11 is 1.29. The van der Waals surface area contributed by atoms with Gasteiger partial charge in [0.2, 0.25) is 0 Å². The lowest BCUT2D eigenvalue weighted by molar-refractivity contribution is 0.0470. The monoisotopic (exact) mass is 346 g/mol. The number of thiazole rings is 1. The Kier molecular flexibility index (Phi) is 6.51. The minimum atomic E-state index is -0.628. The highest BCUT2D eigenvalue weighted by Crippen LogP contribution is 2.16. The van der Waals surface area contributed by atoms with Gasteiger partial charge < -0.3 is 14.8 Å². The van der Waals surface area contributed by atoms with Gasteiger partial charge in [0.15, 0.2) is 23.2 Å². The Hall–Kier alpha value is -2.67. The van der Waals surface area contributed by atoms with Gasteiger partial charge in [-0.05, 0) is 31.2 Å². The van der Waals surface area contributed by atoms with E-state index in [0.717, 1.165) is 0 Å². The van der Waals surface area contributed by atoms with Crippen molar-refractivity contribution in [1.29, 1.82) is 0 Å². The predicted octanol–water partition coefficient (Wildman–Crippen LogP) is 3.18. The van der Waals surface area contributed by atoms with Crippen LogP contribution in [0.2, 0.25) is 0 Å². The molecule has 126 valence electrons. The van der Waals surface area contributed by atoms with Gasteiger partial charge in [0.25, 0.3) is 0 Å². The molecule has 0 aliphatic carbocycles. The Morgan fingerprint density at radius 3 is 2.75 bits per heavy atom. The van der Waals surface area contributed by atoms with Crippen molar-refractivity contribution >= 4 is 28.2 Å². The molecule has 0 aliphatic rings. The van der Waals surface area contributed by atoms with Crippen LogP contribution in [0.5, 0.6) is 5.75 Å². The number of hydrogen-bond donors (Lipinski definition) is 1. The van der Waals surface area contributed by atoms with Crippen molar-refractivity contribution in [3.8, 4) is 5.75 Å². The number of aromatic nitrogens is 1. The normalized spacial score (nSPS) is 10.0. The zero-order chi connectivity index (χ0) is 17.4. The Morgan fingerprint density at radius 2 is 2.08 bits per heavy atom. The van der Waals surface area contributed by atoms with Gasteiger partial charge in [0.1, 0.15) is 5.75 Å². The summed E-state index contributed by atoms with van der Waals surface area (Å²) in [6.07, 6.45) is 1.69. The molecule has 0 amide bonds. The second kappa shape index (κ2) is 8.83. The van der Waals surface area contributed by atoms with Gasteiger partial charge in [-0.3, -0.25) is 4.79 Å². The first-order chi connectivity index (χ1) is 11.6. The first-order valence-corrected chi connectivity index (χ1v) is 8.25. The summed E-state index contributed by atoms with van der Waals surface area (Å²) in [6, 6.07) is 6.69. The van der Waals surface area contributed by atoms with Crippen molar-refractivity contribution in [2.24, 2.45) is 0 Å². The van der Waals surface area contributed by atoms with E-state index in [1.165, 1.54) is 11.3 Å². The molecule has 0 saturated heterocycles. The number of carbonyl (C=O) groups excluding carboxylic acids is 2. The summed E-state index contributed by atoms with van der Waals surface area (Å²) in [7, 11) is 0. The number of benzene rings is 1. The number of hydrogen-bond acceptors (Lipinski definition) is 7. The third-order valence-electron chi connectivity index (χ3n) is 2.93. The van der Waals surface area contributed by atoms with Crippen LogP contribution in [0.1, 0.15) is 27.8 Å². The number of Topliss-reactive ketones (excluding diaryl/α,β-unsaturated/α-hetero) is 1. The number of nitrogens with zero attached hydrogens (tertiary/aromatic N) is 1. The van der Waals surface area contributed by atoms with Crippen LogP contribution in [0.4, 0.5) is 5.13 Å². The summed E-state index contributed by atoms with van der Waals surface area (Å²) in [4.78, 5) is 28.0. The van der Waals surface area contributed by atoms with Crippen molar-refractivity contribution in [1.82, 2.24) is 4.98 Å². The molecule has 2 aromatic rings. The van der Waals surface area contributed by atoms with E-state index in [2.05, 4.69) is 16.9 Å². The van der Waals surface area contributed by atoms with Crippen molar-refractivity contribution < 1.29 is 19.1 Å². The molecule has 0 spiro atoms. The highest BCUT2D eigenvalue weighted by molar-refractivity contribution is 7.13. The van der Waals surface area contributed by atoms with Gasteiger partial charge >= 0.3 is 5.97 Å². The zero-order valence-electron chi connectivity index (χ0n) is 13.3. The summed E-state index contributed by atoms with van der Waals surface area (Å²) < 4.78 is 10.3. The fraction of sp³-hybridized carbons (Fsp3) is 0.235. The van der Waals surface area contributed by atoms with E-state index in [1.54, 1.807) is 35.7 Å². The molecule has 0 bridgehead atoms. The predicted molar refractivity (Wildman–Crippen MR) is 93.0 cm³/mol. The van der Waals surface area contributed by atoms with Crippen LogP contribution in [-0.4, -0.2) is 36.5 Å². The zero-order valence-corrected chi connectivity index (χ0v) is 14.1. The second-order valence-electron chi connectivity index (χ2n) is 4.66. The van der Waals surface area contributed by atoms with E-state index in [9.17, 15) is 9.59 Å². The lowest BCUT2D eigenvalue weighted by Crippen LogP contribution is -2.14. The van der Waals surface area contributed by atoms with E-state index in [0.29, 0.717) is 29.6 Å². The molecule has 0 atom stereocenters. The first kappa shape index (κ1) is 17.7. The highest BCUT2D eigenvalue weighted by Gasteiger charge is 2.15. The standard InChI is InChI=1S/C17H18N2O4S/c1-3-9-18-17-19-14(11-24-17)16(21)23-10-15(20)12-5-7-13(8-6-12)22-4-2/h3,5-8,11H,1,4,9-10H2,2H3,(H,18,19). The number of anilines is 1. The lowest BCUT2D eigenvalue weighted by Gasteiger charge is -2.05. The quantitative estimate of drug-likeness (QED) is 0.427. The van der Waals surface area contributed by atoms with Gasteiger partial charge in [0.05, 0.1) is 6.61 Å². The molecule has 0 aliphatic heterocycles. The minimum absolute atomic E-state index is 0.172. The molecule has 0 saturated carbocycles. The molecule has 1 N–H and O–H groups in total. The van der Waals surface area contributed by atoms with Crippen molar-refractivity contribution in [2.45, 2.75) is 6.92 Å². The SMILES string of the molecule is C=CCNc1nc(C(=O)OCC(=O)c2ccc(OCC)cc2)cs1. The maximum Gasteiger partial charge on any atom is 0.358 e. The molecule has 0 fully saturated rings. The van der Waals surface area contributed by atoms with Crippen LogP contribution in [0.3, 0.4) is 0 Å². The molecule has 2 rings (SSSR count). The number of carbonyl (C=O) groups is 2. The second-order valence-corrected chi connectivity index (χ2v) is 5.52. The smallest absolute Gasteiger partial charge is 0.358 e. The molecule has 0 unspecified atom stereocenters. The number of nitrogens with one attached hydrogen (secondary N) is 1. The van der Waals surface area contributed by atoms with Gasteiger partial charge in [-0.1, -0.05) is 6.08 Å². The van der Waals surface area contributed by atoms with Gasteiger partial charge in [-0.15, -0.1) is 17.9 Å². The average Bonchev–Trinajstić information content (AvgIpc) is 3.07. The molecular weight excluding hydrogens is 328 g/mol. The third-order valence-corrected chi connectivity index (χ3v) is 3.73. The molecule has 24 heavy (non-hydrogen) atoms. The lowest BCUT2D eigenvalue weighted by atomic mass is 10.1. The maximum absolute atomic E-state index is 12.0. The summed E-state index contributed by atoms with van der Waals surface area (Å²) in [6.45, 7) is 6.25. The Balaban J connectivity index is 1.87. The average molecular weight is 346 g/mol. The van der Waals surface area contributed by atoms with Crippen LogP contribution in [-0.2, 0) is 4.74 Å². The molecule has 1 heterocycles. The van der Waals surface area contributed by atoms with Gasteiger partial charge in [-0.25, -0.2) is 9.78 Å². The molecule has 0 radical (unpaired) electrons. The van der Waals surface area contributed by atoms with E-state index in [1.807, 2.05) is 6.92 Å². The van der Waals surface area contributed by atoms with Gasteiger partial charge in [0, 0.05) is 17.5 Å².